The molecule has 1 saturated heterocycles. The number of nitrogens with one attached hydrogen (secondary N) is 1. The van der Waals surface area contributed by atoms with Crippen LogP contribution in [0.4, 0.5) is 4.79 Å². The molecule has 0 spiro atoms. The van der Waals surface area contributed by atoms with Crippen LogP contribution < -0.4 is 5.32 Å². The fourth-order valence-corrected chi connectivity index (χ4v) is 1.99. The number of amides is 3. The number of rotatable bonds is 6. The molecule has 3 N–H and O–H groups in total. The molecule has 8 nitrogen and oxygen atoms in total. The molecule has 0 aromatic carbocycles. The first kappa shape index (κ1) is 16.2. The molecule has 1 heterocycles. The van der Waals surface area contributed by atoms with Crippen molar-refractivity contribution in [1.29, 1.82) is 0 Å². The van der Waals surface area contributed by atoms with E-state index in [0.717, 1.165) is 17.7 Å². The summed E-state index contributed by atoms with van der Waals surface area (Å²) >= 11 is 0. The Hall–Kier alpha value is -1.83. The van der Waals surface area contributed by atoms with Crippen LogP contribution in [0.3, 0.4) is 0 Å². The lowest BCUT2D eigenvalue weighted by Gasteiger charge is -2.23. The number of carboxylic acids is 1. The Kier molecular flexibility index (Phi) is 6.23. The van der Waals surface area contributed by atoms with Crippen molar-refractivity contribution in [2.24, 2.45) is 0 Å². The quantitative estimate of drug-likeness (QED) is 0.585. The normalized spacial score (nSPS) is 15.8. The number of hydrogen-bond acceptors (Lipinski definition) is 4. The van der Waals surface area contributed by atoms with Crippen molar-refractivity contribution in [2.75, 3.05) is 33.3 Å². The Bertz CT molecular complexity index is 368. The number of aliphatic carboxylic acids is 1. The number of hydrogen-bond donors (Lipinski definition) is 3. The van der Waals surface area contributed by atoms with Crippen LogP contribution in [0.15, 0.2) is 0 Å². The Morgan fingerprint density at radius 2 is 1.90 bits per heavy atom. The van der Waals surface area contributed by atoms with E-state index in [9.17, 15) is 14.4 Å². The highest BCUT2D eigenvalue weighted by Crippen LogP contribution is 2.07. The Morgan fingerprint density at radius 3 is 2.40 bits per heavy atom. The molecule has 0 aromatic heterocycles. The number of nitrogens with zero attached hydrogens (tertiary/aromatic N) is 2. The molecule has 0 unspecified atom stereocenters. The van der Waals surface area contributed by atoms with E-state index in [0.29, 0.717) is 13.1 Å². The van der Waals surface area contributed by atoms with E-state index in [1.807, 2.05) is 0 Å². The SMILES string of the molecule is CN(CC(=O)N1CCCC1)C(=O)N[C@H](CCO)C(=O)O. The van der Waals surface area contributed by atoms with Gasteiger partial charge in [-0.2, -0.15) is 0 Å². The summed E-state index contributed by atoms with van der Waals surface area (Å²) in [5, 5.41) is 19.9. The van der Waals surface area contributed by atoms with Crippen molar-refractivity contribution in [3.63, 3.8) is 0 Å². The van der Waals surface area contributed by atoms with Gasteiger partial charge in [0, 0.05) is 33.2 Å². The van der Waals surface area contributed by atoms with Gasteiger partial charge in [0.15, 0.2) is 0 Å². The summed E-state index contributed by atoms with van der Waals surface area (Å²) in [7, 11) is 1.43. The monoisotopic (exact) mass is 287 g/mol. The van der Waals surface area contributed by atoms with Gasteiger partial charge in [-0.1, -0.05) is 0 Å². The molecule has 8 heteroatoms. The van der Waals surface area contributed by atoms with Gasteiger partial charge in [0.1, 0.15) is 12.6 Å². The van der Waals surface area contributed by atoms with E-state index in [1.165, 1.54) is 7.05 Å². The molecule has 1 fully saturated rings. The van der Waals surface area contributed by atoms with E-state index in [1.54, 1.807) is 4.90 Å². The minimum atomic E-state index is -1.22. The summed E-state index contributed by atoms with van der Waals surface area (Å²) in [6, 6.07) is -1.80. The van der Waals surface area contributed by atoms with E-state index >= 15 is 0 Å². The molecule has 1 aliphatic rings. The topological polar surface area (TPSA) is 110 Å². The molecule has 0 saturated carbocycles. The Morgan fingerprint density at radius 1 is 1.30 bits per heavy atom. The van der Waals surface area contributed by atoms with Crippen LogP contribution >= 0.6 is 0 Å². The standard InChI is InChI=1S/C12H21N3O5/c1-14(8-10(17)15-5-2-3-6-15)12(20)13-9(4-7-16)11(18)19/h9,16H,2-8H2,1H3,(H,13,20)(H,18,19)/t9-/m1/s1. The smallest absolute Gasteiger partial charge is 0.326 e. The number of likely N-dealkylation sites (tertiary alicyclic amines) is 1. The van der Waals surface area contributed by atoms with Gasteiger partial charge in [-0.3, -0.25) is 4.79 Å². The molecule has 0 aromatic rings. The van der Waals surface area contributed by atoms with Crippen LogP contribution in [0.5, 0.6) is 0 Å². The van der Waals surface area contributed by atoms with E-state index in [4.69, 9.17) is 10.2 Å². The third kappa shape index (κ3) is 4.69. The zero-order chi connectivity index (χ0) is 15.1. The van der Waals surface area contributed by atoms with E-state index in [-0.39, 0.29) is 25.5 Å². The molecular weight excluding hydrogens is 266 g/mol. The van der Waals surface area contributed by atoms with Crippen molar-refractivity contribution in [1.82, 2.24) is 15.1 Å². The van der Waals surface area contributed by atoms with Crippen molar-refractivity contribution < 1.29 is 24.6 Å². The first-order valence-electron chi connectivity index (χ1n) is 6.58. The average Bonchev–Trinajstić information content (AvgIpc) is 2.91. The average molecular weight is 287 g/mol. The number of carbonyl (C=O) groups is 3. The number of carboxylic acid groups (broad SMARTS) is 1. The summed E-state index contributed by atoms with van der Waals surface area (Å²) in [6.45, 7) is 0.984. The lowest BCUT2D eigenvalue weighted by atomic mass is 10.2. The van der Waals surface area contributed by atoms with Crippen LogP contribution in [0, 0.1) is 0 Å². The summed E-state index contributed by atoms with van der Waals surface area (Å²) in [5.41, 5.74) is 0. The second-order valence-corrected chi connectivity index (χ2v) is 4.80. The molecule has 114 valence electrons. The molecule has 0 bridgehead atoms. The van der Waals surface area contributed by atoms with Crippen molar-refractivity contribution in [3.05, 3.63) is 0 Å². The molecular formula is C12H21N3O5. The number of urea groups is 1. The van der Waals surface area contributed by atoms with Crippen molar-refractivity contribution in [3.8, 4) is 0 Å². The molecule has 3 amide bonds. The van der Waals surface area contributed by atoms with Gasteiger partial charge in [0.2, 0.25) is 5.91 Å². The Labute approximate surface area is 117 Å². The van der Waals surface area contributed by atoms with Crippen LogP contribution in [0.1, 0.15) is 19.3 Å². The second kappa shape index (κ2) is 7.68. The highest BCUT2D eigenvalue weighted by atomic mass is 16.4. The maximum atomic E-state index is 11.9. The van der Waals surface area contributed by atoms with Gasteiger partial charge in [0.05, 0.1) is 0 Å². The predicted octanol–water partition coefficient (Wildman–Crippen LogP) is -0.914. The summed E-state index contributed by atoms with van der Waals surface area (Å²) in [6.07, 6.45) is 1.87. The van der Waals surface area contributed by atoms with Gasteiger partial charge < -0.3 is 25.3 Å². The van der Waals surface area contributed by atoms with Gasteiger partial charge in [-0.15, -0.1) is 0 Å². The third-order valence-electron chi connectivity index (χ3n) is 3.19. The van der Waals surface area contributed by atoms with Crippen molar-refractivity contribution in [2.45, 2.75) is 25.3 Å². The van der Waals surface area contributed by atoms with E-state index < -0.39 is 18.0 Å². The number of aliphatic hydroxyl groups is 1. The minimum Gasteiger partial charge on any atom is -0.480 e. The first-order chi connectivity index (χ1) is 9.45. The maximum absolute atomic E-state index is 11.9. The predicted molar refractivity (Wildman–Crippen MR) is 70.1 cm³/mol. The molecule has 0 radical (unpaired) electrons. The molecule has 1 rings (SSSR count). The largest absolute Gasteiger partial charge is 0.480 e. The van der Waals surface area contributed by atoms with E-state index in [2.05, 4.69) is 5.32 Å². The number of aliphatic hydroxyl groups excluding tert-OH is 1. The fraction of sp³-hybridized carbons (Fsp3) is 0.750. The van der Waals surface area contributed by atoms with Crippen LogP contribution in [-0.4, -0.2) is 77.3 Å². The minimum absolute atomic E-state index is 0.0744. The molecule has 1 atom stereocenters. The zero-order valence-corrected chi connectivity index (χ0v) is 11.5. The lowest BCUT2D eigenvalue weighted by Crippen LogP contribution is -2.49. The zero-order valence-electron chi connectivity index (χ0n) is 11.5. The third-order valence-corrected chi connectivity index (χ3v) is 3.19. The summed E-state index contributed by atoms with van der Waals surface area (Å²) in [4.78, 5) is 37.3. The van der Waals surface area contributed by atoms with Crippen molar-refractivity contribution >= 4 is 17.9 Å². The molecule has 20 heavy (non-hydrogen) atoms. The fourth-order valence-electron chi connectivity index (χ4n) is 1.99. The highest BCUT2D eigenvalue weighted by Gasteiger charge is 2.24. The molecule has 0 aliphatic carbocycles. The van der Waals surface area contributed by atoms with Gasteiger partial charge in [-0.05, 0) is 12.8 Å². The highest BCUT2D eigenvalue weighted by molar-refractivity contribution is 5.86. The maximum Gasteiger partial charge on any atom is 0.326 e. The number of likely N-dealkylation sites (N-methyl/N-ethyl adjacent to an activating group) is 1. The summed E-state index contributed by atoms with van der Waals surface area (Å²) in [5.74, 6) is -1.36. The Balaban J connectivity index is 2.44. The van der Waals surface area contributed by atoms with Crippen LogP contribution in [-0.2, 0) is 9.59 Å². The van der Waals surface area contributed by atoms with Crippen LogP contribution in [0.25, 0.3) is 0 Å². The van der Waals surface area contributed by atoms with Gasteiger partial charge in [0.25, 0.3) is 0 Å². The summed E-state index contributed by atoms with van der Waals surface area (Å²) < 4.78 is 0. The number of carbonyl (C=O) groups excluding carboxylic acids is 2. The second-order valence-electron chi connectivity index (χ2n) is 4.80. The van der Waals surface area contributed by atoms with Gasteiger partial charge >= 0.3 is 12.0 Å². The van der Waals surface area contributed by atoms with Crippen LogP contribution in [0.2, 0.25) is 0 Å². The first-order valence-corrected chi connectivity index (χ1v) is 6.58. The molecule has 1 aliphatic heterocycles. The van der Waals surface area contributed by atoms with Gasteiger partial charge in [-0.25, -0.2) is 9.59 Å². The lowest BCUT2D eigenvalue weighted by molar-refractivity contribution is -0.139.